The number of benzene rings is 3. The van der Waals surface area contributed by atoms with E-state index in [1.165, 1.54) is 4.57 Å². The van der Waals surface area contributed by atoms with Crippen molar-refractivity contribution in [1.29, 1.82) is 0 Å². The number of aryl methyl sites for hydroxylation is 1. The minimum Gasteiger partial charge on any atom is -0.493 e. The first-order chi connectivity index (χ1) is 18.9. The summed E-state index contributed by atoms with van der Waals surface area (Å²) >= 11 is 3.51. The van der Waals surface area contributed by atoms with E-state index >= 15 is 0 Å². The first-order valence-electron chi connectivity index (χ1n) is 12.6. The van der Waals surface area contributed by atoms with Gasteiger partial charge in [0, 0.05) is 21.5 Å². The Morgan fingerprint density at radius 1 is 1.05 bits per heavy atom. The van der Waals surface area contributed by atoms with Gasteiger partial charge in [-0.3, -0.25) is 4.57 Å². The van der Waals surface area contributed by atoms with Crippen molar-refractivity contribution < 1.29 is 14.9 Å². The van der Waals surface area contributed by atoms with Gasteiger partial charge >= 0.3 is 5.69 Å². The largest absolute Gasteiger partial charge is 0.493 e. The van der Waals surface area contributed by atoms with Crippen molar-refractivity contribution >= 4 is 15.9 Å². The number of halogens is 1. The van der Waals surface area contributed by atoms with Crippen LogP contribution in [0.3, 0.4) is 0 Å². The minimum absolute atomic E-state index is 0.0877. The van der Waals surface area contributed by atoms with E-state index in [1.54, 1.807) is 30.5 Å². The van der Waals surface area contributed by atoms with Crippen LogP contribution in [-0.2, 0) is 0 Å². The fourth-order valence-corrected chi connectivity index (χ4v) is 5.33. The van der Waals surface area contributed by atoms with Gasteiger partial charge in [0.05, 0.1) is 18.5 Å². The zero-order chi connectivity index (χ0) is 27.5. The third kappa shape index (κ3) is 5.41. The first-order valence-corrected chi connectivity index (χ1v) is 13.4. The van der Waals surface area contributed by atoms with Gasteiger partial charge in [0.2, 0.25) is 5.88 Å². The van der Waals surface area contributed by atoms with Gasteiger partial charge in [-0.2, -0.15) is 0 Å². The molecule has 0 fully saturated rings. The van der Waals surface area contributed by atoms with Crippen LogP contribution in [-0.4, -0.2) is 42.9 Å². The maximum atomic E-state index is 13.4. The lowest BCUT2D eigenvalue weighted by Gasteiger charge is -2.24. The summed E-state index contributed by atoms with van der Waals surface area (Å²) in [6, 6.07) is 22.2. The predicted molar refractivity (Wildman–Crippen MR) is 154 cm³/mol. The molecule has 5 rings (SSSR count). The monoisotopic (exact) mass is 588 g/mol. The molecule has 4 N–H and O–H groups in total. The fraction of sp³-hybridized carbons (Fsp3) is 0.200. The maximum absolute atomic E-state index is 13.4. The van der Waals surface area contributed by atoms with Crippen molar-refractivity contribution in [2.75, 3.05) is 13.2 Å². The molecule has 0 aliphatic rings. The molecule has 0 radical (unpaired) electrons. The topological polar surface area (TPSA) is 116 Å². The van der Waals surface area contributed by atoms with Crippen LogP contribution in [0.4, 0.5) is 0 Å². The lowest BCUT2D eigenvalue weighted by molar-refractivity contribution is 0.201. The van der Waals surface area contributed by atoms with E-state index in [0.29, 0.717) is 22.8 Å². The van der Waals surface area contributed by atoms with Gasteiger partial charge < -0.3 is 24.9 Å². The third-order valence-electron chi connectivity index (χ3n) is 6.84. The van der Waals surface area contributed by atoms with Crippen molar-refractivity contribution in [2.45, 2.75) is 25.8 Å². The number of aromatic hydroxyl groups is 1. The van der Waals surface area contributed by atoms with Gasteiger partial charge in [-0.05, 0) is 54.4 Å². The number of nitrogens with zero attached hydrogens (tertiary/aromatic N) is 2. The molecule has 0 aliphatic carbocycles. The number of ether oxygens (including phenoxy) is 1. The van der Waals surface area contributed by atoms with Crippen molar-refractivity contribution in [3.63, 3.8) is 0 Å². The highest BCUT2D eigenvalue weighted by molar-refractivity contribution is 9.10. The second kappa shape index (κ2) is 11.3. The summed E-state index contributed by atoms with van der Waals surface area (Å²) in [5, 5.41) is 20.4. The highest BCUT2D eigenvalue weighted by Gasteiger charge is 2.31. The van der Waals surface area contributed by atoms with Crippen LogP contribution in [0, 0.1) is 6.92 Å². The Bertz CT molecular complexity index is 1620. The number of hydrogen-bond donors (Lipinski definition) is 4. The quantitative estimate of drug-likeness (QED) is 0.174. The second-order valence-corrected chi connectivity index (χ2v) is 10.3. The molecule has 0 bridgehead atoms. The molecule has 0 saturated heterocycles. The molecule has 0 amide bonds. The number of H-pyrrole nitrogens is 2. The summed E-state index contributed by atoms with van der Waals surface area (Å²) in [7, 11) is 0. The molecule has 0 aliphatic heterocycles. The van der Waals surface area contributed by atoms with Crippen molar-refractivity contribution in [1.82, 2.24) is 19.5 Å². The molecule has 0 spiro atoms. The molecule has 8 nitrogen and oxygen atoms in total. The Balaban J connectivity index is 1.59. The lowest BCUT2D eigenvalue weighted by Crippen LogP contribution is -2.27. The van der Waals surface area contributed by atoms with Crippen LogP contribution in [0.5, 0.6) is 11.6 Å². The Morgan fingerprint density at radius 3 is 2.49 bits per heavy atom. The second-order valence-electron chi connectivity index (χ2n) is 9.38. The predicted octanol–water partition coefficient (Wildman–Crippen LogP) is 5.77. The number of nitrogens with one attached hydrogen (secondary N) is 2. The average molecular weight is 589 g/mol. The molecular formula is C30H29BrN4O4. The summed E-state index contributed by atoms with van der Waals surface area (Å²) in [6.07, 6.45) is 1.76. The Morgan fingerprint density at radius 2 is 1.79 bits per heavy atom. The Hall–Kier alpha value is -4.08. The Kier molecular flexibility index (Phi) is 7.72. The van der Waals surface area contributed by atoms with Crippen molar-refractivity contribution in [2.24, 2.45) is 0 Å². The molecule has 39 heavy (non-hydrogen) atoms. The zero-order valence-electron chi connectivity index (χ0n) is 21.6. The van der Waals surface area contributed by atoms with Crippen LogP contribution in [0.15, 0.2) is 88.3 Å². The summed E-state index contributed by atoms with van der Waals surface area (Å²) in [4.78, 5) is 24.4. The summed E-state index contributed by atoms with van der Waals surface area (Å²) in [5.74, 6) is 0.739. The molecule has 2 aromatic heterocycles. The molecular weight excluding hydrogens is 560 g/mol. The van der Waals surface area contributed by atoms with Gasteiger partial charge in [-0.1, -0.05) is 59.3 Å². The van der Waals surface area contributed by atoms with Crippen LogP contribution in [0.1, 0.15) is 35.8 Å². The highest BCUT2D eigenvalue weighted by atomic mass is 79.9. The van der Waals surface area contributed by atoms with E-state index in [2.05, 4.69) is 25.9 Å². The van der Waals surface area contributed by atoms with Crippen molar-refractivity contribution in [3.05, 3.63) is 111 Å². The molecule has 0 saturated carbocycles. The third-order valence-corrected chi connectivity index (χ3v) is 7.33. The highest BCUT2D eigenvalue weighted by Crippen LogP contribution is 2.38. The smallest absolute Gasteiger partial charge is 0.329 e. The molecule has 2 heterocycles. The first kappa shape index (κ1) is 26.5. The minimum atomic E-state index is -0.624. The van der Waals surface area contributed by atoms with Crippen LogP contribution >= 0.6 is 15.9 Å². The van der Waals surface area contributed by atoms with Gasteiger partial charge in [-0.25, -0.2) is 9.78 Å². The van der Waals surface area contributed by atoms with Crippen molar-refractivity contribution in [3.8, 4) is 34.1 Å². The fourth-order valence-electron chi connectivity index (χ4n) is 4.86. The van der Waals surface area contributed by atoms with Gasteiger partial charge in [-0.15, -0.1) is 0 Å². The summed E-state index contributed by atoms with van der Waals surface area (Å²) in [5.41, 5.74) is 4.36. The summed E-state index contributed by atoms with van der Waals surface area (Å²) in [6.45, 7) is 4.13. The van der Waals surface area contributed by atoms with E-state index in [1.807, 2.05) is 62.4 Å². The molecule has 2 atom stereocenters. The maximum Gasteiger partial charge on any atom is 0.329 e. The van der Waals surface area contributed by atoms with E-state index in [9.17, 15) is 9.90 Å². The SMILES string of the molecule is Cc1cc(Br)ccc1-c1cnc([C@H]([C@@H](C)c2ccccc2)n2c(O)c(-c3ccc(OCCO)cc3)[nH]c2=O)[nH]1. The van der Waals surface area contributed by atoms with E-state index < -0.39 is 11.7 Å². The number of imidazole rings is 2. The van der Waals surface area contributed by atoms with Crippen LogP contribution < -0.4 is 10.4 Å². The van der Waals surface area contributed by atoms with Crippen LogP contribution in [0.2, 0.25) is 0 Å². The zero-order valence-corrected chi connectivity index (χ0v) is 23.1. The van der Waals surface area contributed by atoms with E-state index in [0.717, 1.165) is 26.9 Å². The molecule has 9 heteroatoms. The molecule has 0 unspecified atom stereocenters. The van der Waals surface area contributed by atoms with Crippen LogP contribution in [0.25, 0.3) is 22.5 Å². The molecule has 3 aromatic carbocycles. The lowest BCUT2D eigenvalue weighted by atomic mass is 9.92. The summed E-state index contributed by atoms with van der Waals surface area (Å²) < 4.78 is 7.78. The number of rotatable bonds is 9. The normalized spacial score (nSPS) is 12.8. The number of aromatic amines is 2. The van der Waals surface area contributed by atoms with E-state index in [-0.39, 0.29) is 25.0 Å². The Labute approximate surface area is 234 Å². The molecule has 200 valence electrons. The number of aromatic nitrogens is 4. The van der Waals surface area contributed by atoms with E-state index in [4.69, 9.17) is 14.8 Å². The number of aliphatic hydroxyl groups excluding tert-OH is 1. The van der Waals surface area contributed by atoms with Gasteiger partial charge in [0.25, 0.3) is 0 Å². The van der Waals surface area contributed by atoms with Gasteiger partial charge in [0.15, 0.2) is 0 Å². The standard InChI is InChI=1S/C30H29BrN4O4/c1-18-16-22(31)10-13-24(18)25-17-32-28(33-25)27(19(2)20-6-4-3-5-7-20)35-29(37)26(34-30(35)38)21-8-11-23(12-9-21)39-15-14-36/h3-13,16-17,19,27,36-37H,14-15H2,1-2H3,(H,32,33)(H,34,38)/t19-,27-/m0/s1. The number of aliphatic hydroxyl groups is 1. The molecule has 5 aromatic rings. The van der Waals surface area contributed by atoms with Gasteiger partial charge in [0.1, 0.15) is 29.9 Å². The number of hydrogen-bond acceptors (Lipinski definition) is 5. The average Bonchev–Trinajstić information content (AvgIpc) is 3.53.